The number of carbonyl (C=O) groups excluding carboxylic acids is 2. The third-order valence-electron chi connectivity index (χ3n) is 4.84. The molecule has 164 valence electrons. The van der Waals surface area contributed by atoms with E-state index in [1.807, 2.05) is 30.5 Å². The summed E-state index contributed by atoms with van der Waals surface area (Å²) in [7, 11) is 0. The highest BCUT2D eigenvalue weighted by Gasteiger charge is 2.26. The Labute approximate surface area is 181 Å². The molecule has 1 saturated heterocycles. The second-order valence-electron chi connectivity index (χ2n) is 8.02. The Bertz CT molecular complexity index is 851. The molecule has 0 unspecified atom stereocenters. The summed E-state index contributed by atoms with van der Waals surface area (Å²) in [6.07, 6.45) is 3.96. The maximum absolute atomic E-state index is 12.4. The van der Waals surface area contributed by atoms with Gasteiger partial charge in [0.1, 0.15) is 5.76 Å². The molecule has 2 atom stereocenters. The van der Waals surface area contributed by atoms with E-state index in [-0.39, 0.29) is 11.9 Å². The summed E-state index contributed by atoms with van der Waals surface area (Å²) in [6, 6.07) is 3.20. The number of carbonyl (C=O) groups is 2. The molecular weight excluding hydrogens is 404 g/mol. The van der Waals surface area contributed by atoms with Crippen molar-refractivity contribution in [3.05, 3.63) is 24.2 Å². The van der Waals surface area contributed by atoms with Crippen molar-refractivity contribution >= 4 is 29.6 Å². The van der Waals surface area contributed by atoms with Crippen molar-refractivity contribution in [2.24, 2.45) is 5.92 Å². The number of urea groups is 1. The SMILES string of the molecule is CC(C)NC(=O)NC(=O)[C@@H](C)Sc1nnc(N2CCC[C@H](C)C2)n1Cc1ccco1. The van der Waals surface area contributed by atoms with Gasteiger partial charge in [-0.1, -0.05) is 18.7 Å². The Balaban J connectivity index is 1.76. The molecule has 0 saturated carbocycles. The van der Waals surface area contributed by atoms with Crippen molar-refractivity contribution in [2.75, 3.05) is 18.0 Å². The first-order valence-corrected chi connectivity index (χ1v) is 11.2. The molecule has 10 heteroatoms. The monoisotopic (exact) mass is 434 g/mol. The van der Waals surface area contributed by atoms with E-state index in [1.54, 1.807) is 13.2 Å². The summed E-state index contributed by atoms with van der Waals surface area (Å²) in [6.45, 7) is 9.99. The normalized spacial score (nSPS) is 17.8. The molecule has 3 rings (SSSR count). The number of piperidine rings is 1. The van der Waals surface area contributed by atoms with Gasteiger partial charge in [0.15, 0.2) is 5.16 Å². The van der Waals surface area contributed by atoms with Crippen LogP contribution in [0.4, 0.5) is 10.7 Å². The average Bonchev–Trinajstić information content (AvgIpc) is 3.32. The Morgan fingerprint density at radius 1 is 1.33 bits per heavy atom. The number of aromatic nitrogens is 3. The first kappa shape index (κ1) is 22.2. The smallest absolute Gasteiger partial charge is 0.321 e. The highest BCUT2D eigenvalue weighted by molar-refractivity contribution is 8.00. The highest BCUT2D eigenvalue weighted by Crippen LogP contribution is 2.29. The number of furan rings is 1. The van der Waals surface area contributed by atoms with Crippen LogP contribution in [-0.2, 0) is 11.3 Å². The number of hydrogen-bond acceptors (Lipinski definition) is 7. The third kappa shape index (κ3) is 5.78. The molecule has 0 radical (unpaired) electrons. The molecule has 2 aromatic heterocycles. The lowest BCUT2D eigenvalue weighted by atomic mass is 10.0. The van der Waals surface area contributed by atoms with Crippen LogP contribution in [0, 0.1) is 5.92 Å². The van der Waals surface area contributed by atoms with Crippen molar-refractivity contribution in [2.45, 2.75) is 63.5 Å². The Morgan fingerprint density at radius 3 is 2.80 bits per heavy atom. The van der Waals surface area contributed by atoms with Gasteiger partial charge in [-0.15, -0.1) is 10.2 Å². The van der Waals surface area contributed by atoms with E-state index in [0.29, 0.717) is 17.6 Å². The van der Waals surface area contributed by atoms with Gasteiger partial charge in [-0.3, -0.25) is 14.7 Å². The number of imide groups is 1. The lowest BCUT2D eigenvalue weighted by molar-refractivity contribution is -0.119. The van der Waals surface area contributed by atoms with Crippen molar-refractivity contribution < 1.29 is 14.0 Å². The van der Waals surface area contributed by atoms with E-state index in [2.05, 4.69) is 32.7 Å². The Kier molecular flexibility index (Phi) is 7.41. The van der Waals surface area contributed by atoms with Crippen molar-refractivity contribution in [1.82, 2.24) is 25.4 Å². The average molecular weight is 435 g/mol. The fraction of sp³-hybridized carbons (Fsp3) is 0.600. The number of nitrogens with one attached hydrogen (secondary N) is 2. The zero-order valence-electron chi connectivity index (χ0n) is 17.9. The van der Waals surface area contributed by atoms with Gasteiger partial charge in [0.25, 0.3) is 0 Å². The fourth-order valence-corrected chi connectivity index (χ4v) is 4.24. The van der Waals surface area contributed by atoms with Gasteiger partial charge in [0.2, 0.25) is 11.9 Å². The van der Waals surface area contributed by atoms with Gasteiger partial charge in [0, 0.05) is 19.1 Å². The molecule has 3 heterocycles. The summed E-state index contributed by atoms with van der Waals surface area (Å²) in [5, 5.41) is 13.9. The summed E-state index contributed by atoms with van der Waals surface area (Å²) in [5.74, 6) is 1.79. The van der Waals surface area contributed by atoms with E-state index in [0.717, 1.165) is 31.2 Å². The Hall–Kier alpha value is -2.49. The van der Waals surface area contributed by atoms with Crippen LogP contribution in [0.5, 0.6) is 0 Å². The summed E-state index contributed by atoms with van der Waals surface area (Å²) >= 11 is 1.28. The third-order valence-corrected chi connectivity index (χ3v) is 5.92. The highest BCUT2D eigenvalue weighted by atomic mass is 32.2. The van der Waals surface area contributed by atoms with Gasteiger partial charge in [-0.25, -0.2) is 4.79 Å². The van der Waals surface area contributed by atoms with Crippen LogP contribution in [0.25, 0.3) is 0 Å². The summed E-state index contributed by atoms with van der Waals surface area (Å²) < 4.78 is 7.52. The van der Waals surface area contributed by atoms with Crippen LogP contribution in [0.3, 0.4) is 0 Å². The minimum Gasteiger partial charge on any atom is -0.467 e. The molecule has 9 nitrogen and oxygen atoms in total. The fourth-order valence-electron chi connectivity index (χ4n) is 3.39. The summed E-state index contributed by atoms with van der Waals surface area (Å²) in [5.41, 5.74) is 0. The second-order valence-corrected chi connectivity index (χ2v) is 9.33. The van der Waals surface area contributed by atoms with Crippen LogP contribution in [0.1, 0.15) is 46.3 Å². The lowest BCUT2D eigenvalue weighted by Gasteiger charge is -2.31. The predicted octanol–water partition coefficient (Wildman–Crippen LogP) is 2.87. The van der Waals surface area contributed by atoms with Crippen LogP contribution in [0.15, 0.2) is 28.0 Å². The van der Waals surface area contributed by atoms with Crippen LogP contribution in [-0.4, -0.2) is 51.1 Å². The molecule has 2 N–H and O–H groups in total. The van der Waals surface area contributed by atoms with Gasteiger partial charge < -0.3 is 14.6 Å². The van der Waals surface area contributed by atoms with Gasteiger partial charge >= 0.3 is 6.03 Å². The van der Waals surface area contributed by atoms with Crippen LogP contribution >= 0.6 is 11.8 Å². The van der Waals surface area contributed by atoms with Crippen molar-refractivity contribution in [3.8, 4) is 0 Å². The van der Waals surface area contributed by atoms with Crippen molar-refractivity contribution in [3.63, 3.8) is 0 Å². The first-order chi connectivity index (χ1) is 14.3. The first-order valence-electron chi connectivity index (χ1n) is 10.3. The number of rotatable bonds is 7. The van der Waals surface area contributed by atoms with E-state index >= 15 is 0 Å². The molecule has 1 aliphatic rings. The van der Waals surface area contributed by atoms with Crippen molar-refractivity contribution in [1.29, 1.82) is 0 Å². The molecule has 0 aliphatic carbocycles. The molecule has 0 spiro atoms. The standard InChI is InChI=1S/C20H30N6O3S/c1-13(2)21-18(28)22-17(27)15(4)30-20-24-23-19(25-9-5-7-14(3)11-25)26(20)12-16-8-6-10-29-16/h6,8,10,13-15H,5,7,9,11-12H2,1-4H3,(H2,21,22,27,28)/t14-,15+/m0/s1. The van der Waals surface area contributed by atoms with E-state index in [4.69, 9.17) is 4.42 Å². The second kappa shape index (κ2) is 10.0. The van der Waals surface area contributed by atoms with Crippen LogP contribution < -0.4 is 15.5 Å². The van der Waals surface area contributed by atoms with Gasteiger partial charge in [-0.2, -0.15) is 0 Å². The number of hydrogen-bond donors (Lipinski definition) is 2. The minimum absolute atomic E-state index is 0.0494. The molecule has 1 fully saturated rings. The molecule has 1 aliphatic heterocycles. The van der Waals surface area contributed by atoms with Crippen LogP contribution in [0.2, 0.25) is 0 Å². The van der Waals surface area contributed by atoms with E-state index in [1.165, 1.54) is 18.2 Å². The molecule has 3 amide bonds. The zero-order valence-corrected chi connectivity index (χ0v) is 18.7. The number of thioether (sulfide) groups is 1. The van der Waals surface area contributed by atoms with E-state index in [9.17, 15) is 9.59 Å². The topological polar surface area (TPSA) is 105 Å². The molecular formula is C20H30N6O3S. The molecule has 2 aromatic rings. The molecule has 30 heavy (non-hydrogen) atoms. The predicted molar refractivity (Wildman–Crippen MR) is 116 cm³/mol. The number of amides is 3. The van der Waals surface area contributed by atoms with Gasteiger partial charge in [0.05, 0.1) is 18.1 Å². The quantitative estimate of drug-likeness (QED) is 0.646. The Morgan fingerprint density at radius 2 is 2.13 bits per heavy atom. The molecule has 0 bridgehead atoms. The van der Waals surface area contributed by atoms with Gasteiger partial charge in [-0.05, 0) is 51.7 Å². The largest absolute Gasteiger partial charge is 0.467 e. The molecule has 0 aromatic carbocycles. The maximum atomic E-state index is 12.4. The minimum atomic E-state index is -0.518. The number of anilines is 1. The van der Waals surface area contributed by atoms with E-state index < -0.39 is 11.3 Å². The lowest BCUT2D eigenvalue weighted by Crippen LogP contribution is -2.45. The summed E-state index contributed by atoms with van der Waals surface area (Å²) in [4.78, 5) is 26.5. The number of nitrogens with zero attached hydrogens (tertiary/aromatic N) is 4. The zero-order chi connectivity index (χ0) is 21.7. The maximum Gasteiger partial charge on any atom is 0.321 e.